The van der Waals surface area contributed by atoms with Crippen molar-refractivity contribution in [2.75, 3.05) is 32.0 Å². The van der Waals surface area contributed by atoms with Crippen molar-refractivity contribution in [3.8, 4) is 11.1 Å². The maximum Gasteiger partial charge on any atom is 0.255 e. The number of fused-ring (bicyclic) bond motifs is 4. The Bertz CT molecular complexity index is 1180. The molecule has 2 aromatic rings. The number of nitrogens with two attached hydrogens (primary N) is 1. The molecule has 2 bridgehead atoms. The highest BCUT2D eigenvalue weighted by molar-refractivity contribution is 5.99. The van der Waals surface area contributed by atoms with E-state index in [1.54, 1.807) is 6.20 Å². The molecule has 0 radical (unpaired) electrons. The fraction of sp³-hybridized carbons (Fsp3) is 0.600. The van der Waals surface area contributed by atoms with E-state index >= 15 is 0 Å². The Morgan fingerprint density at radius 1 is 1.05 bits per heavy atom. The van der Waals surface area contributed by atoms with Crippen molar-refractivity contribution < 1.29 is 14.6 Å². The average molecular weight is 503 g/mol. The first-order chi connectivity index (χ1) is 17.9. The summed E-state index contributed by atoms with van der Waals surface area (Å²) in [5.74, 6) is 0.871. The van der Waals surface area contributed by atoms with Gasteiger partial charge in [0.1, 0.15) is 5.82 Å². The SMILES string of the molecule is Nc1ncc(-c2ccc(C34CC3CN(C3CCOCC3)C4)cc2)cc1C(=O)NC12CCC(O)(CC1)CC2. The van der Waals surface area contributed by atoms with E-state index in [1.807, 2.05) is 6.07 Å². The van der Waals surface area contributed by atoms with Crippen LogP contribution in [-0.4, -0.2) is 64.4 Å². The quantitative estimate of drug-likeness (QED) is 0.577. The van der Waals surface area contributed by atoms with Gasteiger partial charge in [0.15, 0.2) is 0 Å². The van der Waals surface area contributed by atoms with E-state index in [0.29, 0.717) is 17.0 Å². The molecule has 8 rings (SSSR count). The van der Waals surface area contributed by atoms with E-state index in [9.17, 15) is 9.90 Å². The van der Waals surface area contributed by atoms with Gasteiger partial charge in [-0.2, -0.15) is 0 Å². The van der Waals surface area contributed by atoms with Gasteiger partial charge in [-0.25, -0.2) is 4.98 Å². The van der Waals surface area contributed by atoms with Gasteiger partial charge in [-0.05, 0) is 80.9 Å². The molecule has 2 saturated heterocycles. The van der Waals surface area contributed by atoms with Crippen LogP contribution in [0.3, 0.4) is 0 Å². The van der Waals surface area contributed by atoms with E-state index < -0.39 is 5.60 Å². The predicted octanol–water partition coefficient (Wildman–Crippen LogP) is 3.65. The number of aliphatic hydroxyl groups is 1. The van der Waals surface area contributed by atoms with Crippen molar-refractivity contribution >= 4 is 11.7 Å². The zero-order valence-electron chi connectivity index (χ0n) is 21.5. The van der Waals surface area contributed by atoms with Crippen LogP contribution >= 0.6 is 0 Å². The van der Waals surface area contributed by atoms with E-state index in [0.717, 1.165) is 88.2 Å². The summed E-state index contributed by atoms with van der Waals surface area (Å²) >= 11 is 0. The Labute approximate surface area is 218 Å². The number of likely N-dealkylation sites (tertiary alicyclic amines) is 1. The smallest absolute Gasteiger partial charge is 0.255 e. The monoisotopic (exact) mass is 502 g/mol. The van der Waals surface area contributed by atoms with Crippen LogP contribution in [0.15, 0.2) is 36.5 Å². The molecular formula is C30H38N4O3. The largest absolute Gasteiger partial charge is 0.390 e. The van der Waals surface area contributed by atoms with Gasteiger partial charge in [-0.1, -0.05) is 24.3 Å². The minimum Gasteiger partial charge on any atom is -0.390 e. The number of rotatable bonds is 5. The summed E-state index contributed by atoms with van der Waals surface area (Å²) in [5, 5.41) is 13.8. The molecule has 6 aliphatic rings. The molecule has 1 aromatic carbocycles. The Morgan fingerprint density at radius 3 is 2.46 bits per heavy atom. The lowest BCUT2D eigenvalue weighted by molar-refractivity contribution is -0.0702. The summed E-state index contributed by atoms with van der Waals surface area (Å²) in [6.07, 6.45) is 10.1. The van der Waals surface area contributed by atoms with Gasteiger partial charge < -0.3 is 20.9 Å². The number of ether oxygens (including phenoxy) is 1. The number of benzene rings is 1. The van der Waals surface area contributed by atoms with Gasteiger partial charge in [0.05, 0.1) is 11.2 Å². The number of hydrogen-bond donors (Lipinski definition) is 3. The molecule has 2 aliphatic heterocycles. The third-order valence-electron chi connectivity index (χ3n) is 10.4. The Hall–Kier alpha value is -2.48. The lowest BCUT2D eigenvalue weighted by atomic mass is 9.63. The normalized spacial score (nSPS) is 35.3. The van der Waals surface area contributed by atoms with Gasteiger partial charge >= 0.3 is 0 Å². The maximum absolute atomic E-state index is 13.3. The van der Waals surface area contributed by atoms with Gasteiger partial charge in [0.25, 0.3) is 5.91 Å². The molecule has 2 unspecified atom stereocenters. The third-order valence-corrected chi connectivity index (χ3v) is 10.4. The second-order valence-electron chi connectivity index (χ2n) is 12.5. The molecule has 7 heteroatoms. The van der Waals surface area contributed by atoms with Crippen LogP contribution in [0.1, 0.15) is 73.7 Å². The zero-order chi connectivity index (χ0) is 25.3. The van der Waals surface area contributed by atoms with E-state index in [4.69, 9.17) is 10.5 Å². The number of anilines is 1. The van der Waals surface area contributed by atoms with Gasteiger partial charge in [-0.3, -0.25) is 9.69 Å². The van der Waals surface area contributed by atoms with Crippen molar-refractivity contribution in [3.63, 3.8) is 0 Å². The minimum atomic E-state index is -0.527. The highest BCUT2D eigenvalue weighted by Crippen LogP contribution is 2.59. The van der Waals surface area contributed by atoms with E-state index in [2.05, 4.69) is 39.5 Å². The number of hydrogen-bond acceptors (Lipinski definition) is 6. The maximum atomic E-state index is 13.3. The van der Waals surface area contributed by atoms with Gasteiger partial charge in [-0.15, -0.1) is 0 Å². The second-order valence-corrected chi connectivity index (χ2v) is 12.5. The van der Waals surface area contributed by atoms with Crippen LogP contribution in [0.2, 0.25) is 0 Å². The first-order valence-corrected chi connectivity index (χ1v) is 14.1. The summed E-state index contributed by atoms with van der Waals surface area (Å²) in [7, 11) is 0. The van der Waals surface area contributed by atoms with Crippen molar-refractivity contribution in [3.05, 3.63) is 47.7 Å². The number of amides is 1. The van der Waals surface area contributed by atoms with E-state index in [1.165, 1.54) is 18.5 Å². The zero-order valence-corrected chi connectivity index (χ0v) is 21.5. The Kier molecular flexibility index (Phi) is 5.44. The molecule has 0 spiro atoms. The first kappa shape index (κ1) is 23.6. The van der Waals surface area contributed by atoms with Gasteiger partial charge in [0.2, 0.25) is 0 Å². The van der Waals surface area contributed by atoms with Crippen LogP contribution in [0, 0.1) is 5.92 Å². The second kappa shape index (κ2) is 8.52. The molecule has 2 atom stereocenters. The number of nitrogen functional groups attached to an aromatic ring is 1. The van der Waals surface area contributed by atoms with Crippen LogP contribution in [0.5, 0.6) is 0 Å². The molecule has 1 amide bonds. The number of nitrogens with zero attached hydrogens (tertiary/aromatic N) is 2. The predicted molar refractivity (Wildman–Crippen MR) is 142 cm³/mol. The number of piperidine rings is 1. The third kappa shape index (κ3) is 4.06. The summed E-state index contributed by atoms with van der Waals surface area (Å²) < 4.78 is 5.57. The summed E-state index contributed by atoms with van der Waals surface area (Å²) in [5.41, 5.74) is 9.56. The Morgan fingerprint density at radius 2 is 1.76 bits per heavy atom. The Balaban J connectivity index is 1.06. The van der Waals surface area contributed by atoms with Crippen molar-refractivity contribution in [2.45, 2.75) is 80.4 Å². The highest BCUT2D eigenvalue weighted by atomic mass is 16.5. The molecule has 196 valence electrons. The number of aromatic nitrogens is 1. The fourth-order valence-corrected chi connectivity index (χ4v) is 7.77. The molecule has 6 fully saturated rings. The van der Waals surface area contributed by atoms with Crippen LogP contribution < -0.4 is 11.1 Å². The number of nitrogens with one attached hydrogen (secondary N) is 1. The molecule has 7 nitrogen and oxygen atoms in total. The summed E-state index contributed by atoms with van der Waals surface area (Å²) in [6, 6.07) is 11.5. The highest BCUT2D eigenvalue weighted by Gasteiger charge is 2.61. The molecule has 37 heavy (non-hydrogen) atoms. The van der Waals surface area contributed by atoms with Crippen molar-refractivity contribution in [1.29, 1.82) is 0 Å². The number of pyridine rings is 1. The van der Waals surface area contributed by atoms with E-state index in [-0.39, 0.29) is 17.3 Å². The average Bonchev–Trinajstić information content (AvgIpc) is 3.50. The van der Waals surface area contributed by atoms with Crippen LogP contribution in [0.25, 0.3) is 11.1 Å². The molecular weight excluding hydrogens is 464 g/mol. The standard InChI is InChI=1S/C30H38N4O3/c31-26-25(27(35)33-28-7-10-29(36,11-8-28)12-9-28)15-21(17-32-26)20-1-3-22(4-2-20)30-16-23(30)18-34(19-30)24-5-13-37-14-6-24/h1-4,15,17,23-24,36H,5-14,16,18-19H2,(H2,31,32)(H,33,35). The van der Waals surface area contributed by atoms with Crippen LogP contribution in [0.4, 0.5) is 5.82 Å². The summed E-state index contributed by atoms with van der Waals surface area (Å²) in [4.78, 5) is 20.4. The number of carbonyl (C=O) groups excluding carboxylic acids is 1. The van der Waals surface area contributed by atoms with Gasteiger partial charge in [0, 0.05) is 55.1 Å². The summed E-state index contributed by atoms with van der Waals surface area (Å²) in [6.45, 7) is 4.17. The number of carbonyl (C=O) groups is 1. The first-order valence-electron chi connectivity index (χ1n) is 14.1. The molecule has 4 saturated carbocycles. The minimum absolute atomic E-state index is 0.158. The van der Waals surface area contributed by atoms with Crippen LogP contribution in [-0.2, 0) is 10.2 Å². The lowest BCUT2D eigenvalue weighted by Crippen LogP contribution is -2.58. The lowest BCUT2D eigenvalue weighted by Gasteiger charge is -2.51. The molecule has 1 aromatic heterocycles. The topological polar surface area (TPSA) is 101 Å². The molecule has 4 aliphatic carbocycles. The molecule has 4 N–H and O–H groups in total. The molecule has 3 heterocycles. The van der Waals surface area contributed by atoms with Crippen molar-refractivity contribution in [2.24, 2.45) is 5.92 Å². The van der Waals surface area contributed by atoms with Crippen molar-refractivity contribution in [1.82, 2.24) is 15.2 Å². The fourth-order valence-electron chi connectivity index (χ4n) is 7.77.